The minimum atomic E-state index is -0.113. The summed E-state index contributed by atoms with van der Waals surface area (Å²) < 4.78 is 7.28. The van der Waals surface area contributed by atoms with Gasteiger partial charge in [0.05, 0.1) is 5.88 Å². The number of piperidine rings is 1. The van der Waals surface area contributed by atoms with E-state index in [-0.39, 0.29) is 17.0 Å². The highest BCUT2D eigenvalue weighted by Crippen LogP contribution is 2.34. The lowest BCUT2D eigenvalue weighted by atomic mass is 9.96. The van der Waals surface area contributed by atoms with Crippen LogP contribution >= 0.6 is 35.3 Å². The molecule has 200 valence electrons. The molecule has 11 heteroatoms. The zero-order chi connectivity index (χ0) is 26.6. The quantitative estimate of drug-likeness (QED) is 0.0815. The molecule has 2 aromatic carbocycles. The molecule has 0 atom stereocenters. The van der Waals surface area contributed by atoms with Crippen molar-refractivity contribution in [1.29, 1.82) is 0 Å². The molecular weight excluding hydrogens is 530 g/mol. The van der Waals surface area contributed by atoms with Crippen molar-refractivity contribution in [1.82, 2.24) is 9.62 Å². The molecule has 2 aromatic rings. The molecular formula is C26H34ClN5O3S2. The lowest BCUT2D eigenvalue weighted by molar-refractivity contribution is -0.120. The van der Waals surface area contributed by atoms with Gasteiger partial charge in [0.1, 0.15) is 10.2 Å². The summed E-state index contributed by atoms with van der Waals surface area (Å²) in [7, 11) is 1.67. The van der Waals surface area contributed by atoms with Crippen LogP contribution in [0.25, 0.3) is 10.8 Å². The van der Waals surface area contributed by atoms with Gasteiger partial charge < -0.3 is 26.4 Å². The van der Waals surface area contributed by atoms with Gasteiger partial charge in [-0.25, -0.2) is 4.31 Å². The van der Waals surface area contributed by atoms with E-state index in [1.807, 2.05) is 24.3 Å². The predicted molar refractivity (Wildman–Crippen MR) is 158 cm³/mol. The maximum Gasteiger partial charge on any atom is 0.227 e. The summed E-state index contributed by atoms with van der Waals surface area (Å²) >= 11 is 9.05. The van der Waals surface area contributed by atoms with Crippen LogP contribution in [-0.2, 0) is 9.53 Å². The molecule has 0 unspecified atom stereocenters. The Labute approximate surface area is 231 Å². The minimum Gasteiger partial charge on any atom is -0.387 e. The summed E-state index contributed by atoms with van der Waals surface area (Å²) in [6.45, 7) is 6.51. The first kappa shape index (κ1) is 29.2. The molecule has 0 bridgehead atoms. The number of benzene rings is 2. The Bertz CT molecular complexity index is 1120. The summed E-state index contributed by atoms with van der Waals surface area (Å²) in [5.41, 5.74) is 7.96. The van der Waals surface area contributed by atoms with E-state index in [9.17, 15) is 9.59 Å². The van der Waals surface area contributed by atoms with Gasteiger partial charge in [0.2, 0.25) is 5.91 Å². The van der Waals surface area contributed by atoms with Gasteiger partial charge in [-0.1, -0.05) is 36.4 Å². The molecule has 1 aliphatic rings. The Morgan fingerprint density at radius 3 is 2.70 bits per heavy atom. The Morgan fingerprint density at radius 2 is 2.03 bits per heavy atom. The molecule has 1 fully saturated rings. The maximum atomic E-state index is 13.2. The van der Waals surface area contributed by atoms with E-state index in [0.717, 1.165) is 42.3 Å². The number of methoxy groups -OCH3 is 1. The molecule has 3 rings (SSSR count). The Kier molecular flexibility index (Phi) is 11.9. The van der Waals surface area contributed by atoms with E-state index in [1.54, 1.807) is 18.6 Å². The molecule has 1 saturated heterocycles. The summed E-state index contributed by atoms with van der Waals surface area (Å²) in [4.78, 5) is 25.0. The van der Waals surface area contributed by atoms with Crippen molar-refractivity contribution in [3.63, 3.8) is 0 Å². The molecule has 0 saturated carbocycles. The molecule has 0 radical (unpaired) electrons. The molecule has 0 aromatic heterocycles. The second kappa shape index (κ2) is 15.1. The van der Waals surface area contributed by atoms with E-state index < -0.39 is 0 Å². The van der Waals surface area contributed by atoms with Crippen molar-refractivity contribution in [2.24, 2.45) is 11.7 Å². The van der Waals surface area contributed by atoms with Gasteiger partial charge in [-0.3, -0.25) is 9.59 Å². The van der Waals surface area contributed by atoms with Crippen LogP contribution in [0, 0.1) is 5.92 Å². The second-order valence-corrected chi connectivity index (χ2v) is 10.9. The van der Waals surface area contributed by atoms with Crippen LogP contribution in [0.15, 0.2) is 52.5 Å². The monoisotopic (exact) mass is 563 g/mol. The maximum absolute atomic E-state index is 13.2. The van der Waals surface area contributed by atoms with E-state index in [4.69, 9.17) is 22.1 Å². The molecule has 8 nitrogen and oxygen atoms in total. The first-order valence-electron chi connectivity index (χ1n) is 12.1. The molecule has 5 N–H and O–H groups in total. The first-order valence-corrected chi connectivity index (χ1v) is 14.3. The molecule has 1 aliphatic heterocycles. The number of nitrogens with one attached hydrogen (secondary N) is 3. The van der Waals surface area contributed by atoms with E-state index >= 15 is 0 Å². The summed E-state index contributed by atoms with van der Waals surface area (Å²) in [6, 6.07) is 9.36. The van der Waals surface area contributed by atoms with E-state index in [2.05, 4.69) is 26.8 Å². The number of fused-ring (bicyclic) bond motifs is 1. The molecule has 1 amide bonds. The lowest BCUT2D eigenvalue weighted by Crippen LogP contribution is -2.35. The fraction of sp³-hybridized carbons (Fsp3) is 0.385. The number of thioether (sulfide) groups is 1. The van der Waals surface area contributed by atoms with Crippen molar-refractivity contribution in [3.8, 4) is 0 Å². The highest BCUT2D eigenvalue weighted by atomic mass is 35.5. The lowest BCUT2D eigenvalue weighted by Gasteiger charge is -2.31. The van der Waals surface area contributed by atoms with Gasteiger partial charge in [0.25, 0.3) is 0 Å². The van der Waals surface area contributed by atoms with Gasteiger partial charge in [0.15, 0.2) is 6.29 Å². The normalized spacial score (nSPS) is 15.2. The highest BCUT2D eigenvalue weighted by molar-refractivity contribution is 8.02. The Morgan fingerprint density at radius 1 is 1.27 bits per heavy atom. The topological polar surface area (TPSA) is 109 Å². The fourth-order valence-corrected chi connectivity index (χ4v) is 5.61. The Balaban J connectivity index is 1.65. The summed E-state index contributed by atoms with van der Waals surface area (Å²) in [5, 5.41) is 14.0. The van der Waals surface area contributed by atoms with Gasteiger partial charge in [-0.15, -0.1) is 11.8 Å². The predicted octanol–water partition coefficient (Wildman–Crippen LogP) is 5.15. The third-order valence-electron chi connectivity index (χ3n) is 5.99. The van der Waals surface area contributed by atoms with Crippen molar-refractivity contribution >= 4 is 69.7 Å². The standard InChI is InChI=1S/C26H34ClN5O3S2/c1-3-36-17-30-26(24(27)28)37-32-13-10-18(11-14-32)25(34)31-21-8-9-22(29-12-5-15-35-2)23-19(16-33)6-4-7-20(21)23/h3-4,6-9,16,18,29-30H,1,5,10-15,17,28H2,2H3,(H,31,34)/b26-24+. The number of halogens is 1. The Hall–Kier alpha value is -2.37. The van der Waals surface area contributed by atoms with E-state index in [1.165, 1.54) is 23.7 Å². The van der Waals surface area contributed by atoms with Crippen LogP contribution in [0.4, 0.5) is 11.4 Å². The molecule has 0 aliphatic carbocycles. The number of hydrogen-bond acceptors (Lipinski definition) is 9. The number of amides is 1. The van der Waals surface area contributed by atoms with Gasteiger partial charge in [-0.05, 0) is 48.8 Å². The number of carbonyl (C=O) groups excluding carboxylic acids is 2. The van der Waals surface area contributed by atoms with Crippen molar-refractivity contribution in [2.45, 2.75) is 19.3 Å². The average Bonchev–Trinajstić information content (AvgIpc) is 2.91. The fourth-order valence-electron chi connectivity index (χ4n) is 4.13. The highest BCUT2D eigenvalue weighted by Gasteiger charge is 2.27. The van der Waals surface area contributed by atoms with Crippen LogP contribution in [0.5, 0.6) is 0 Å². The van der Waals surface area contributed by atoms with Crippen molar-refractivity contribution in [2.75, 3.05) is 49.9 Å². The van der Waals surface area contributed by atoms with Crippen molar-refractivity contribution < 1.29 is 14.3 Å². The third kappa shape index (κ3) is 8.31. The number of hydrogen-bond donors (Lipinski definition) is 4. The molecule has 1 heterocycles. The van der Waals surface area contributed by atoms with Crippen molar-refractivity contribution in [3.05, 3.63) is 58.1 Å². The second-order valence-electron chi connectivity index (χ2n) is 8.44. The van der Waals surface area contributed by atoms with Crippen LogP contribution in [0.1, 0.15) is 29.6 Å². The van der Waals surface area contributed by atoms with Gasteiger partial charge >= 0.3 is 0 Å². The number of ether oxygens (including phenoxy) is 1. The van der Waals surface area contributed by atoms with Crippen LogP contribution in [0.2, 0.25) is 0 Å². The number of anilines is 2. The summed E-state index contributed by atoms with van der Waals surface area (Å²) in [6.07, 6.45) is 3.12. The number of carbonyl (C=O) groups is 2. The zero-order valence-electron chi connectivity index (χ0n) is 20.9. The number of rotatable bonds is 14. The molecule has 0 spiro atoms. The van der Waals surface area contributed by atoms with Crippen LogP contribution < -0.4 is 21.7 Å². The van der Waals surface area contributed by atoms with Crippen LogP contribution in [-0.4, -0.2) is 55.7 Å². The minimum absolute atomic E-state index is 0.0172. The van der Waals surface area contributed by atoms with Gasteiger partial charge in [0, 0.05) is 67.0 Å². The average molecular weight is 564 g/mol. The molecule has 37 heavy (non-hydrogen) atoms. The van der Waals surface area contributed by atoms with Gasteiger partial charge in [-0.2, -0.15) is 0 Å². The SMILES string of the molecule is C=CSCN/C(SN1CCC(C(=O)Nc2ccc(NCCCOC)c3c(C=O)cccc23)CC1)=C(\N)Cl. The largest absolute Gasteiger partial charge is 0.387 e. The van der Waals surface area contributed by atoms with Crippen LogP contribution in [0.3, 0.4) is 0 Å². The number of aldehydes is 1. The third-order valence-corrected chi connectivity index (χ3v) is 8.01. The smallest absolute Gasteiger partial charge is 0.227 e. The first-order chi connectivity index (χ1) is 18.0. The van der Waals surface area contributed by atoms with E-state index in [0.29, 0.717) is 48.1 Å². The number of nitrogens with zero attached hydrogens (tertiary/aromatic N) is 1. The number of nitrogens with two attached hydrogens (primary N) is 1. The summed E-state index contributed by atoms with van der Waals surface area (Å²) in [5.74, 6) is 0.494. The zero-order valence-corrected chi connectivity index (χ0v) is 23.3.